The fourth-order valence-electron chi connectivity index (χ4n) is 0.835. The van der Waals surface area contributed by atoms with Crippen molar-refractivity contribution in [1.29, 1.82) is 0 Å². The van der Waals surface area contributed by atoms with E-state index in [1.165, 1.54) is 0 Å². The zero-order valence-corrected chi connectivity index (χ0v) is 8.78. The van der Waals surface area contributed by atoms with E-state index in [1.807, 2.05) is 7.05 Å². The van der Waals surface area contributed by atoms with Crippen molar-refractivity contribution in [1.82, 2.24) is 10.9 Å². The van der Waals surface area contributed by atoms with Crippen LogP contribution >= 0.6 is 0 Å². The molecule has 2 N–H and O–H groups in total. The summed E-state index contributed by atoms with van der Waals surface area (Å²) in [4.78, 5) is 0. The van der Waals surface area contributed by atoms with Gasteiger partial charge in [-0.3, -0.25) is 10.9 Å². The molecular formula is C9H21BN2. The average molecular weight is 168 g/mol. The van der Waals surface area contributed by atoms with Gasteiger partial charge >= 0.3 is 0 Å². The minimum Gasteiger partial charge on any atom is -0.265 e. The van der Waals surface area contributed by atoms with Crippen LogP contribution in [0.4, 0.5) is 0 Å². The second-order valence-corrected chi connectivity index (χ2v) is 4.20. The van der Waals surface area contributed by atoms with Gasteiger partial charge in [-0.15, -0.1) is 5.98 Å². The summed E-state index contributed by atoms with van der Waals surface area (Å²) >= 11 is 0. The summed E-state index contributed by atoms with van der Waals surface area (Å²) < 4.78 is 0. The van der Waals surface area contributed by atoms with Crippen molar-refractivity contribution in [3.05, 3.63) is 12.1 Å². The van der Waals surface area contributed by atoms with Crippen LogP contribution in [0, 0.1) is 5.41 Å². The lowest BCUT2D eigenvalue weighted by molar-refractivity contribution is 0.421. The van der Waals surface area contributed by atoms with E-state index in [0.717, 1.165) is 20.1 Å². The SMILES string of the molecule is CNNCB/C=C/CC(C)(C)C. The van der Waals surface area contributed by atoms with Crippen LogP contribution in [0.1, 0.15) is 27.2 Å². The number of hydrogen-bond acceptors (Lipinski definition) is 2. The van der Waals surface area contributed by atoms with E-state index >= 15 is 0 Å². The van der Waals surface area contributed by atoms with E-state index in [-0.39, 0.29) is 0 Å². The number of hydrazine groups is 1. The summed E-state index contributed by atoms with van der Waals surface area (Å²) in [5.74, 6) is 2.23. The van der Waals surface area contributed by atoms with E-state index in [2.05, 4.69) is 43.7 Å². The van der Waals surface area contributed by atoms with Crippen molar-refractivity contribution in [3.8, 4) is 0 Å². The van der Waals surface area contributed by atoms with Crippen molar-refractivity contribution in [3.63, 3.8) is 0 Å². The van der Waals surface area contributed by atoms with Gasteiger partial charge in [0.1, 0.15) is 0 Å². The number of rotatable bonds is 5. The van der Waals surface area contributed by atoms with E-state index in [0.29, 0.717) is 5.41 Å². The summed E-state index contributed by atoms with van der Waals surface area (Å²) in [6, 6.07) is 0. The predicted molar refractivity (Wildman–Crippen MR) is 57.4 cm³/mol. The largest absolute Gasteiger partial charge is 0.265 e. The second kappa shape index (κ2) is 6.26. The lowest BCUT2D eigenvalue weighted by Crippen LogP contribution is -2.31. The molecule has 0 aliphatic rings. The Morgan fingerprint density at radius 2 is 2.00 bits per heavy atom. The molecule has 0 aromatic carbocycles. The van der Waals surface area contributed by atoms with Crippen molar-refractivity contribution >= 4 is 7.28 Å². The third-order valence-corrected chi connectivity index (χ3v) is 1.51. The van der Waals surface area contributed by atoms with E-state index < -0.39 is 0 Å². The molecule has 0 spiro atoms. The van der Waals surface area contributed by atoms with Gasteiger partial charge in [-0.1, -0.05) is 26.8 Å². The Balaban J connectivity index is 3.26. The molecule has 0 fully saturated rings. The minimum absolute atomic E-state index is 0.424. The highest BCUT2D eigenvalue weighted by molar-refractivity contribution is 6.42. The molecule has 0 radical (unpaired) electrons. The third kappa shape index (κ3) is 9.72. The molecule has 0 aliphatic carbocycles. The van der Waals surface area contributed by atoms with Crippen molar-refractivity contribution in [2.75, 3.05) is 13.5 Å². The molecule has 3 heteroatoms. The molecule has 0 amide bonds. The van der Waals surface area contributed by atoms with Gasteiger partial charge in [0.2, 0.25) is 0 Å². The molecule has 0 unspecified atom stereocenters. The van der Waals surface area contributed by atoms with Gasteiger partial charge in [-0.05, 0) is 25.3 Å². The standard InChI is InChI=1S/C9H21BN2/c1-9(2,3)6-5-7-10-8-12-11-4/h5,7,10-12H,6,8H2,1-4H3/b7-5+. The molecule has 70 valence electrons. The summed E-state index contributed by atoms with van der Waals surface area (Å²) in [5, 5.41) is 0. The second-order valence-electron chi connectivity index (χ2n) is 4.20. The molecule has 2 nitrogen and oxygen atoms in total. The highest BCUT2D eigenvalue weighted by Gasteiger charge is 2.05. The van der Waals surface area contributed by atoms with E-state index in [4.69, 9.17) is 0 Å². The van der Waals surface area contributed by atoms with Gasteiger partial charge in [0, 0.05) is 0 Å². The number of hydrogen-bond donors (Lipinski definition) is 2. The van der Waals surface area contributed by atoms with Crippen molar-refractivity contribution < 1.29 is 0 Å². The Morgan fingerprint density at radius 1 is 1.33 bits per heavy atom. The van der Waals surface area contributed by atoms with Crippen LogP contribution in [-0.2, 0) is 0 Å². The Bertz CT molecular complexity index is 127. The molecule has 0 heterocycles. The molecule has 0 saturated heterocycles. The number of nitrogens with one attached hydrogen (secondary N) is 2. The summed E-state index contributed by atoms with van der Waals surface area (Å²) in [5.41, 5.74) is 6.36. The Labute approximate surface area is 77.0 Å². The average Bonchev–Trinajstić information content (AvgIpc) is 1.94. The maximum Gasteiger partial charge on any atom is 0.165 e. The first-order valence-electron chi connectivity index (χ1n) is 4.61. The smallest absolute Gasteiger partial charge is 0.165 e. The summed E-state index contributed by atoms with van der Waals surface area (Å²) in [6.45, 7) is 6.76. The van der Waals surface area contributed by atoms with Crippen LogP contribution in [-0.4, -0.2) is 20.8 Å². The Hall–Kier alpha value is -0.275. The van der Waals surface area contributed by atoms with E-state index in [9.17, 15) is 0 Å². The van der Waals surface area contributed by atoms with Crippen LogP contribution in [0.15, 0.2) is 12.1 Å². The monoisotopic (exact) mass is 168 g/mol. The molecule has 0 bridgehead atoms. The molecule has 12 heavy (non-hydrogen) atoms. The zero-order chi connectivity index (χ0) is 9.45. The summed E-state index contributed by atoms with van der Waals surface area (Å²) in [6.07, 6.45) is 4.42. The molecule has 0 saturated carbocycles. The lowest BCUT2D eigenvalue weighted by Gasteiger charge is -2.14. The molecule has 0 aromatic heterocycles. The fraction of sp³-hybridized carbons (Fsp3) is 0.778. The van der Waals surface area contributed by atoms with Crippen LogP contribution in [0.3, 0.4) is 0 Å². The highest BCUT2D eigenvalue weighted by Crippen LogP contribution is 2.18. The van der Waals surface area contributed by atoms with Gasteiger partial charge in [-0.25, -0.2) is 0 Å². The first-order chi connectivity index (χ1) is 5.56. The predicted octanol–water partition coefficient (Wildman–Crippen LogP) is 1.05. The van der Waals surface area contributed by atoms with Gasteiger partial charge in [0.05, 0.1) is 0 Å². The maximum absolute atomic E-state index is 3.04. The van der Waals surface area contributed by atoms with Crippen LogP contribution in [0.5, 0.6) is 0 Å². The fourth-order valence-corrected chi connectivity index (χ4v) is 0.835. The van der Waals surface area contributed by atoms with Gasteiger partial charge in [0.25, 0.3) is 0 Å². The van der Waals surface area contributed by atoms with Crippen LogP contribution in [0.2, 0.25) is 0 Å². The lowest BCUT2D eigenvalue weighted by atomic mass is 9.77. The Kier molecular flexibility index (Phi) is 6.12. The molecule has 0 aliphatic heterocycles. The topological polar surface area (TPSA) is 24.1 Å². The van der Waals surface area contributed by atoms with Crippen molar-refractivity contribution in [2.24, 2.45) is 5.41 Å². The Morgan fingerprint density at radius 3 is 2.50 bits per heavy atom. The van der Waals surface area contributed by atoms with Crippen LogP contribution in [0.25, 0.3) is 0 Å². The molecule has 0 aromatic rings. The summed E-state index contributed by atoms with van der Waals surface area (Å²) in [7, 11) is 2.98. The molecular weight excluding hydrogens is 147 g/mol. The maximum atomic E-state index is 3.04. The van der Waals surface area contributed by atoms with Crippen molar-refractivity contribution in [2.45, 2.75) is 27.2 Å². The highest BCUT2D eigenvalue weighted by atomic mass is 15.3. The van der Waals surface area contributed by atoms with E-state index in [1.54, 1.807) is 0 Å². The molecule has 0 atom stereocenters. The van der Waals surface area contributed by atoms with Crippen LogP contribution < -0.4 is 10.9 Å². The number of allylic oxidation sites excluding steroid dienone is 1. The molecule has 0 rings (SSSR count). The normalized spacial score (nSPS) is 12.3. The third-order valence-electron chi connectivity index (χ3n) is 1.51. The quantitative estimate of drug-likeness (QED) is 0.364. The minimum atomic E-state index is 0.424. The first-order valence-corrected chi connectivity index (χ1v) is 4.61. The first kappa shape index (κ1) is 11.7. The van der Waals surface area contributed by atoms with Gasteiger partial charge in [-0.2, -0.15) is 0 Å². The van der Waals surface area contributed by atoms with Gasteiger partial charge in [0.15, 0.2) is 7.28 Å². The van der Waals surface area contributed by atoms with Gasteiger partial charge < -0.3 is 0 Å². The zero-order valence-electron chi connectivity index (χ0n) is 8.78.